The van der Waals surface area contributed by atoms with Gasteiger partial charge in [-0.05, 0) is 50.6 Å². The lowest BCUT2D eigenvalue weighted by molar-refractivity contribution is 0.0625. The Hall–Kier alpha value is -3.52. The van der Waals surface area contributed by atoms with E-state index < -0.39 is 0 Å². The van der Waals surface area contributed by atoms with E-state index in [2.05, 4.69) is 39.7 Å². The van der Waals surface area contributed by atoms with Crippen molar-refractivity contribution >= 4 is 11.6 Å². The molecular weight excluding hydrogens is 419 g/mol. The summed E-state index contributed by atoms with van der Waals surface area (Å²) in [6, 6.07) is 10.6. The maximum Gasteiger partial charge on any atom is 0.257 e. The van der Waals surface area contributed by atoms with Crippen molar-refractivity contribution in [3.8, 4) is 5.69 Å². The van der Waals surface area contributed by atoms with Crippen LogP contribution in [0.5, 0.6) is 0 Å². The third-order valence-corrected chi connectivity index (χ3v) is 6.43. The highest BCUT2D eigenvalue weighted by Gasteiger charge is 2.26. The van der Waals surface area contributed by atoms with Gasteiger partial charge < -0.3 is 9.30 Å². The number of para-hydroxylation sites is 1. The van der Waals surface area contributed by atoms with Crippen molar-refractivity contribution in [3.63, 3.8) is 0 Å². The number of aryl methyl sites for hydroxylation is 2. The van der Waals surface area contributed by atoms with E-state index in [1.165, 1.54) is 22.0 Å². The van der Waals surface area contributed by atoms with Gasteiger partial charge in [0.05, 0.1) is 28.8 Å². The van der Waals surface area contributed by atoms with Gasteiger partial charge in [-0.2, -0.15) is 5.10 Å². The standard InChI is InChI=1S/C25H27FN6O/c1-17-8-9-31-23(18(2)28-24(31)14-17)16-29-10-12-30(13-11-29)25(33)20-15-27-32(19(20)3)22-7-5-4-6-21(22)26/h4-9,14-15H,10-13,16H2,1-3H3. The molecule has 7 nitrogen and oxygen atoms in total. The molecule has 8 heteroatoms. The number of hydrogen-bond acceptors (Lipinski definition) is 4. The maximum absolute atomic E-state index is 14.2. The number of halogens is 1. The van der Waals surface area contributed by atoms with Crippen LogP contribution in [-0.4, -0.2) is 61.1 Å². The fourth-order valence-corrected chi connectivity index (χ4v) is 4.48. The summed E-state index contributed by atoms with van der Waals surface area (Å²) in [5.74, 6) is -0.426. The average molecular weight is 447 g/mol. The van der Waals surface area contributed by atoms with Crippen LogP contribution in [-0.2, 0) is 6.54 Å². The molecule has 3 aromatic heterocycles. The molecule has 33 heavy (non-hydrogen) atoms. The zero-order chi connectivity index (χ0) is 23.1. The molecule has 1 aliphatic heterocycles. The molecule has 170 valence electrons. The van der Waals surface area contributed by atoms with E-state index in [-0.39, 0.29) is 11.7 Å². The van der Waals surface area contributed by atoms with E-state index in [0.29, 0.717) is 30.0 Å². The SMILES string of the molecule is Cc1ccn2c(CN3CCN(C(=O)c4cnn(-c5ccccc5F)c4C)CC3)c(C)nc2c1. The summed E-state index contributed by atoms with van der Waals surface area (Å²) in [5, 5.41) is 4.28. The molecule has 1 amide bonds. The minimum absolute atomic E-state index is 0.0591. The second-order valence-electron chi connectivity index (χ2n) is 8.65. The smallest absolute Gasteiger partial charge is 0.257 e. The van der Waals surface area contributed by atoms with Gasteiger partial charge in [0.2, 0.25) is 0 Å². The van der Waals surface area contributed by atoms with Gasteiger partial charge in [0.1, 0.15) is 17.2 Å². The zero-order valence-electron chi connectivity index (χ0n) is 19.1. The van der Waals surface area contributed by atoms with Crippen LogP contribution in [0.4, 0.5) is 4.39 Å². The number of imidazole rings is 1. The van der Waals surface area contributed by atoms with Crippen molar-refractivity contribution in [1.29, 1.82) is 0 Å². The van der Waals surface area contributed by atoms with Crippen LogP contribution in [0.15, 0.2) is 48.8 Å². The molecule has 0 bridgehead atoms. The zero-order valence-corrected chi connectivity index (χ0v) is 19.1. The number of nitrogens with zero attached hydrogens (tertiary/aromatic N) is 6. The van der Waals surface area contributed by atoms with E-state index >= 15 is 0 Å². The van der Waals surface area contributed by atoms with Gasteiger partial charge in [-0.25, -0.2) is 14.1 Å². The first-order valence-electron chi connectivity index (χ1n) is 11.2. The highest BCUT2D eigenvalue weighted by Crippen LogP contribution is 2.20. The van der Waals surface area contributed by atoms with Gasteiger partial charge in [0, 0.05) is 38.9 Å². The predicted molar refractivity (Wildman–Crippen MR) is 124 cm³/mol. The number of fused-ring (bicyclic) bond motifs is 1. The monoisotopic (exact) mass is 446 g/mol. The lowest BCUT2D eigenvalue weighted by atomic mass is 10.2. The summed E-state index contributed by atoms with van der Waals surface area (Å²) in [4.78, 5) is 22.1. The van der Waals surface area contributed by atoms with Crippen molar-refractivity contribution in [2.75, 3.05) is 26.2 Å². The summed E-state index contributed by atoms with van der Waals surface area (Å²) in [5.41, 5.74) is 5.89. The number of benzene rings is 1. The fraction of sp³-hybridized carbons (Fsp3) is 0.320. The lowest BCUT2D eigenvalue weighted by Crippen LogP contribution is -2.48. The molecule has 1 aliphatic rings. The number of amides is 1. The van der Waals surface area contributed by atoms with Gasteiger partial charge in [0.15, 0.2) is 0 Å². The Morgan fingerprint density at radius 2 is 1.82 bits per heavy atom. The van der Waals surface area contributed by atoms with Gasteiger partial charge in [-0.15, -0.1) is 0 Å². The van der Waals surface area contributed by atoms with Crippen LogP contribution in [0, 0.1) is 26.6 Å². The minimum Gasteiger partial charge on any atom is -0.336 e. The van der Waals surface area contributed by atoms with Crippen LogP contribution in [0.3, 0.4) is 0 Å². The van der Waals surface area contributed by atoms with Crippen molar-refractivity contribution in [3.05, 3.63) is 82.8 Å². The first-order chi connectivity index (χ1) is 15.9. The number of rotatable bonds is 4. The summed E-state index contributed by atoms with van der Waals surface area (Å²) in [7, 11) is 0. The summed E-state index contributed by atoms with van der Waals surface area (Å²) < 4.78 is 17.8. The topological polar surface area (TPSA) is 58.7 Å². The molecule has 1 saturated heterocycles. The molecule has 1 fully saturated rings. The Balaban J connectivity index is 1.27. The largest absolute Gasteiger partial charge is 0.336 e. The Bertz CT molecular complexity index is 1330. The number of piperazine rings is 1. The van der Waals surface area contributed by atoms with Crippen LogP contribution < -0.4 is 0 Å². The van der Waals surface area contributed by atoms with E-state index in [4.69, 9.17) is 4.98 Å². The molecule has 5 rings (SSSR count). The highest BCUT2D eigenvalue weighted by molar-refractivity contribution is 5.95. The van der Waals surface area contributed by atoms with Crippen molar-refractivity contribution in [2.45, 2.75) is 27.3 Å². The molecule has 0 saturated carbocycles. The molecule has 1 aromatic carbocycles. The Morgan fingerprint density at radius 3 is 2.58 bits per heavy atom. The number of hydrogen-bond donors (Lipinski definition) is 0. The molecule has 0 N–H and O–H groups in total. The van der Waals surface area contributed by atoms with Gasteiger partial charge >= 0.3 is 0 Å². The van der Waals surface area contributed by atoms with E-state index in [0.717, 1.165) is 31.0 Å². The van der Waals surface area contributed by atoms with Crippen LogP contribution in [0.2, 0.25) is 0 Å². The first-order valence-corrected chi connectivity index (χ1v) is 11.2. The molecule has 0 unspecified atom stereocenters. The molecule has 0 aliphatic carbocycles. The van der Waals surface area contributed by atoms with Gasteiger partial charge in [0.25, 0.3) is 5.91 Å². The fourth-order valence-electron chi connectivity index (χ4n) is 4.48. The second kappa shape index (κ2) is 8.44. The number of aromatic nitrogens is 4. The second-order valence-corrected chi connectivity index (χ2v) is 8.65. The predicted octanol–water partition coefficient (Wildman–Crippen LogP) is 3.54. The Morgan fingerprint density at radius 1 is 1.06 bits per heavy atom. The van der Waals surface area contributed by atoms with Crippen molar-refractivity contribution < 1.29 is 9.18 Å². The molecule has 0 spiro atoms. The van der Waals surface area contributed by atoms with E-state index in [1.54, 1.807) is 31.3 Å². The van der Waals surface area contributed by atoms with Crippen LogP contribution in [0.1, 0.15) is 33.0 Å². The van der Waals surface area contributed by atoms with Crippen molar-refractivity contribution in [1.82, 2.24) is 29.0 Å². The quantitative estimate of drug-likeness (QED) is 0.481. The molecule has 0 atom stereocenters. The normalized spacial score (nSPS) is 14.8. The number of carbonyl (C=O) groups excluding carboxylic acids is 1. The lowest BCUT2D eigenvalue weighted by Gasteiger charge is -2.34. The third kappa shape index (κ3) is 3.91. The summed E-state index contributed by atoms with van der Waals surface area (Å²) >= 11 is 0. The summed E-state index contributed by atoms with van der Waals surface area (Å²) in [6.45, 7) is 9.56. The minimum atomic E-state index is -0.367. The Labute approximate surface area is 192 Å². The van der Waals surface area contributed by atoms with Crippen LogP contribution >= 0.6 is 0 Å². The van der Waals surface area contributed by atoms with Crippen molar-refractivity contribution in [2.24, 2.45) is 0 Å². The highest BCUT2D eigenvalue weighted by atomic mass is 19.1. The molecule has 0 radical (unpaired) electrons. The number of carbonyl (C=O) groups is 1. The number of pyridine rings is 1. The first kappa shape index (κ1) is 21.3. The van der Waals surface area contributed by atoms with E-state index in [9.17, 15) is 9.18 Å². The Kier molecular flexibility index (Phi) is 5.46. The van der Waals surface area contributed by atoms with Gasteiger partial charge in [-0.1, -0.05) is 12.1 Å². The summed E-state index contributed by atoms with van der Waals surface area (Å²) in [6.07, 6.45) is 3.62. The molecule has 4 aromatic rings. The molecule has 4 heterocycles. The average Bonchev–Trinajstić information content (AvgIpc) is 3.33. The third-order valence-electron chi connectivity index (χ3n) is 6.43. The van der Waals surface area contributed by atoms with E-state index in [1.807, 2.05) is 11.8 Å². The maximum atomic E-state index is 14.2. The molecular formula is C25H27FN6O. The van der Waals surface area contributed by atoms with Gasteiger partial charge in [-0.3, -0.25) is 9.69 Å². The van der Waals surface area contributed by atoms with Crippen LogP contribution in [0.25, 0.3) is 11.3 Å².